The molecule has 90 valence electrons. The molecule has 0 rings (SSSR count). The smallest absolute Gasteiger partial charge is 0.316 e. The monoisotopic (exact) mass is 217 g/mol. The molecule has 5 nitrogen and oxygen atoms in total. The fourth-order valence-electron chi connectivity index (χ4n) is 0.908. The Morgan fingerprint density at radius 2 is 1.93 bits per heavy atom. The molecule has 0 spiro atoms. The molecule has 0 saturated carbocycles. The van der Waals surface area contributed by atoms with Crippen molar-refractivity contribution in [1.82, 2.24) is 15.5 Å². The minimum absolute atomic E-state index is 0.0600. The van der Waals surface area contributed by atoms with E-state index in [4.69, 9.17) is 4.74 Å². The van der Waals surface area contributed by atoms with E-state index < -0.39 is 0 Å². The van der Waals surface area contributed by atoms with Crippen molar-refractivity contribution in [1.29, 1.82) is 0 Å². The van der Waals surface area contributed by atoms with Gasteiger partial charge in [0.2, 0.25) is 0 Å². The lowest BCUT2D eigenvalue weighted by atomic mass is 10.5. The van der Waals surface area contributed by atoms with Crippen LogP contribution in [-0.4, -0.2) is 57.4 Å². The summed E-state index contributed by atoms with van der Waals surface area (Å²) in [6, 6.07) is -0.0600. The zero-order valence-corrected chi connectivity index (χ0v) is 10.2. The second kappa shape index (κ2) is 8.49. The third-order valence-electron chi connectivity index (χ3n) is 1.71. The van der Waals surface area contributed by atoms with Crippen LogP contribution in [0.1, 0.15) is 13.8 Å². The third kappa shape index (κ3) is 9.49. The van der Waals surface area contributed by atoms with Crippen molar-refractivity contribution in [3.8, 4) is 0 Å². The summed E-state index contributed by atoms with van der Waals surface area (Å²) in [7, 11) is 3.44. The molecule has 0 heterocycles. The van der Waals surface area contributed by atoms with Crippen LogP contribution in [0.15, 0.2) is 0 Å². The Morgan fingerprint density at radius 1 is 1.27 bits per heavy atom. The molecular weight excluding hydrogens is 194 g/mol. The Bertz CT molecular complexity index is 172. The molecule has 0 aromatic heterocycles. The van der Waals surface area contributed by atoms with Crippen LogP contribution in [0.4, 0.5) is 4.79 Å². The second-order valence-corrected chi connectivity index (χ2v) is 3.80. The van der Waals surface area contributed by atoms with Crippen LogP contribution < -0.4 is 10.6 Å². The molecule has 15 heavy (non-hydrogen) atoms. The highest BCUT2D eigenvalue weighted by molar-refractivity contribution is 5.73. The summed E-state index contributed by atoms with van der Waals surface area (Å²) >= 11 is 0. The Balaban J connectivity index is 3.15. The van der Waals surface area contributed by atoms with E-state index >= 15 is 0 Å². The summed E-state index contributed by atoms with van der Waals surface area (Å²) in [6.07, 6.45) is 0.278. The van der Waals surface area contributed by atoms with Gasteiger partial charge in [0.1, 0.15) is 0 Å². The van der Waals surface area contributed by atoms with E-state index in [1.54, 1.807) is 14.1 Å². The zero-order valence-electron chi connectivity index (χ0n) is 10.2. The van der Waals surface area contributed by atoms with Crippen LogP contribution in [0.2, 0.25) is 0 Å². The average Bonchev–Trinajstić information content (AvgIpc) is 2.15. The fraction of sp³-hybridized carbons (Fsp3) is 0.900. The minimum Gasteiger partial charge on any atom is -0.377 e. The standard InChI is InChI=1S/C10H23N3O2/c1-9(2)15-8-7-11-5-6-12-10(14)13(3)4/h9,11H,5-8H2,1-4H3,(H,12,14). The largest absolute Gasteiger partial charge is 0.377 e. The highest BCUT2D eigenvalue weighted by atomic mass is 16.5. The second-order valence-electron chi connectivity index (χ2n) is 3.80. The van der Waals surface area contributed by atoms with Crippen LogP contribution in [0.25, 0.3) is 0 Å². The molecule has 0 saturated heterocycles. The lowest BCUT2D eigenvalue weighted by molar-refractivity contribution is 0.0810. The number of urea groups is 1. The maximum atomic E-state index is 11.1. The number of carbonyl (C=O) groups is 1. The van der Waals surface area contributed by atoms with Gasteiger partial charge in [0.05, 0.1) is 12.7 Å². The van der Waals surface area contributed by atoms with Crippen LogP contribution in [0.3, 0.4) is 0 Å². The Hall–Kier alpha value is -0.810. The summed E-state index contributed by atoms with van der Waals surface area (Å²) < 4.78 is 5.35. The van der Waals surface area contributed by atoms with E-state index in [1.807, 2.05) is 13.8 Å². The summed E-state index contributed by atoms with van der Waals surface area (Å²) in [4.78, 5) is 12.6. The summed E-state index contributed by atoms with van der Waals surface area (Å²) in [6.45, 7) is 6.95. The number of rotatable bonds is 7. The van der Waals surface area contributed by atoms with Gasteiger partial charge in [-0.25, -0.2) is 4.79 Å². The van der Waals surface area contributed by atoms with Crippen molar-refractivity contribution in [2.24, 2.45) is 0 Å². The normalized spacial score (nSPS) is 10.5. The molecule has 2 amide bonds. The van der Waals surface area contributed by atoms with Crippen LogP contribution >= 0.6 is 0 Å². The Kier molecular flexibility index (Phi) is 8.04. The number of nitrogens with zero attached hydrogens (tertiary/aromatic N) is 1. The molecule has 0 radical (unpaired) electrons. The SMILES string of the molecule is CC(C)OCCNCCNC(=O)N(C)C. The molecule has 0 aliphatic heterocycles. The van der Waals surface area contributed by atoms with Crippen molar-refractivity contribution in [3.05, 3.63) is 0 Å². The van der Waals surface area contributed by atoms with Crippen LogP contribution in [0.5, 0.6) is 0 Å². The first-order chi connectivity index (χ1) is 7.04. The van der Waals surface area contributed by atoms with Gasteiger partial charge < -0.3 is 20.3 Å². The molecule has 0 unspecified atom stereocenters. The number of hydrogen-bond donors (Lipinski definition) is 2. The minimum atomic E-state index is -0.0600. The first-order valence-corrected chi connectivity index (χ1v) is 5.31. The van der Waals surface area contributed by atoms with Crippen molar-refractivity contribution in [3.63, 3.8) is 0 Å². The van der Waals surface area contributed by atoms with Gasteiger partial charge in [-0.1, -0.05) is 0 Å². The summed E-state index contributed by atoms with van der Waals surface area (Å²) in [5.41, 5.74) is 0. The van der Waals surface area contributed by atoms with Crippen molar-refractivity contribution in [2.45, 2.75) is 20.0 Å². The Labute approximate surface area is 92.2 Å². The Morgan fingerprint density at radius 3 is 2.47 bits per heavy atom. The van der Waals surface area contributed by atoms with Crippen molar-refractivity contribution in [2.75, 3.05) is 40.3 Å². The molecule has 0 aliphatic carbocycles. The molecule has 0 fully saturated rings. The van der Waals surface area contributed by atoms with Crippen LogP contribution in [0, 0.1) is 0 Å². The van der Waals surface area contributed by atoms with E-state index in [2.05, 4.69) is 10.6 Å². The van der Waals surface area contributed by atoms with Gasteiger partial charge >= 0.3 is 6.03 Å². The van der Waals surface area contributed by atoms with Gasteiger partial charge in [-0.05, 0) is 13.8 Å². The average molecular weight is 217 g/mol. The van der Waals surface area contributed by atoms with Gasteiger partial charge in [-0.2, -0.15) is 0 Å². The lowest BCUT2D eigenvalue weighted by Crippen LogP contribution is -2.39. The van der Waals surface area contributed by atoms with E-state index in [9.17, 15) is 4.79 Å². The fourth-order valence-corrected chi connectivity index (χ4v) is 0.908. The highest BCUT2D eigenvalue weighted by Crippen LogP contribution is 1.84. The zero-order chi connectivity index (χ0) is 11.7. The van der Waals surface area contributed by atoms with E-state index in [0.29, 0.717) is 13.2 Å². The first kappa shape index (κ1) is 14.2. The van der Waals surface area contributed by atoms with Crippen molar-refractivity contribution < 1.29 is 9.53 Å². The van der Waals surface area contributed by atoms with Gasteiger partial charge in [-0.15, -0.1) is 0 Å². The predicted octanol–water partition coefficient (Wildman–Crippen LogP) is 0.272. The first-order valence-electron chi connectivity index (χ1n) is 5.31. The lowest BCUT2D eigenvalue weighted by Gasteiger charge is -2.12. The van der Waals surface area contributed by atoms with Crippen molar-refractivity contribution >= 4 is 6.03 Å². The summed E-state index contributed by atoms with van der Waals surface area (Å²) in [5.74, 6) is 0. The predicted molar refractivity (Wildman–Crippen MR) is 61.0 cm³/mol. The van der Waals surface area contributed by atoms with Gasteiger partial charge in [0, 0.05) is 33.7 Å². The molecular formula is C10H23N3O2. The maximum Gasteiger partial charge on any atom is 0.316 e. The topological polar surface area (TPSA) is 53.6 Å². The van der Waals surface area contributed by atoms with Gasteiger partial charge in [0.25, 0.3) is 0 Å². The van der Waals surface area contributed by atoms with E-state index in [0.717, 1.165) is 13.1 Å². The van der Waals surface area contributed by atoms with Gasteiger partial charge in [-0.3, -0.25) is 0 Å². The molecule has 0 aromatic carbocycles. The molecule has 0 aromatic rings. The highest BCUT2D eigenvalue weighted by Gasteiger charge is 2.00. The quantitative estimate of drug-likeness (QED) is 0.602. The van der Waals surface area contributed by atoms with E-state index in [-0.39, 0.29) is 12.1 Å². The number of carbonyl (C=O) groups excluding carboxylic acids is 1. The molecule has 5 heteroatoms. The van der Waals surface area contributed by atoms with E-state index in [1.165, 1.54) is 4.90 Å². The molecule has 2 N–H and O–H groups in total. The van der Waals surface area contributed by atoms with Gasteiger partial charge in [0.15, 0.2) is 0 Å². The number of nitrogens with one attached hydrogen (secondary N) is 2. The number of ether oxygens (including phenoxy) is 1. The number of hydrogen-bond acceptors (Lipinski definition) is 3. The summed E-state index contributed by atoms with van der Waals surface area (Å²) in [5, 5.41) is 5.94. The molecule has 0 bridgehead atoms. The maximum absolute atomic E-state index is 11.1. The molecule has 0 atom stereocenters. The van der Waals surface area contributed by atoms with Crippen LogP contribution in [-0.2, 0) is 4.74 Å². The molecule has 0 aliphatic rings. The number of amides is 2. The third-order valence-corrected chi connectivity index (χ3v) is 1.71.